The number of H-pyrrole nitrogens is 2. The van der Waals surface area contributed by atoms with Gasteiger partial charge in [0.05, 0.1) is 18.5 Å². The van der Waals surface area contributed by atoms with Gasteiger partial charge in [0.2, 0.25) is 0 Å². The lowest BCUT2D eigenvalue weighted by Gasteiger charge is -1.99. The fourth-order valence-electron chi connectivity index (χ4n) is 1.71. The molecule has 2 aromatic rings. The topological polar surface area (TPSA) is 110 Å². The number of allylic oxidation sites excluding steroid dienone is 1. The molecule has 0 bridgehead atoms. The summed E-state index contributed by atoms with van der Waals surface area (Å²) in [5, 5.41) is 17.5. The van der Waals surface area contributed by atoms with Gasteiger partial charge in [-0.1, -0.05) is 6.58 Å². The van der Waals surface area contributed by atoms with Crippen LogP contribution in [0.4, 0.5) is 11.5 Å². The molecule has 0 fully saturated rings. The molecule has 0 amide bonds. The molecule has 0 spiro atoms. The maximum Gasteiger partial charge on any atom is 0.294 e. The van der Waals surface area contributed by atoms with Crippen molar-refractivity contribution in [3.63, 3.8) is 0 Å². The Morgan fingerprint density at radius 2 is 2.23 bits per heavy atom. The zero-order chi connectivity index (χ0) is 16.1. The van der Waals surface area contributed by atoms with Gasteiger partial charge < -0.3 is 0 Å². The second kappa shape index (κ2) is 6.96. The Morgan fingerprint density at radius 3 is 2.91 bits per heavy atom. The Bertz CT molecular complexity index is 739. The van der Waals surface area contributed by atoms with E-state index in [1.54, 1.807) is 20.2 Å². The van der Waals surface area contributed by atoms with Crippen molar-refractivity contribution in [1.82, 2.24) is 20.0 Å². The summed E-state index contributed by atoms with van der Waals surface area (Å²) in [5.74, 6) is 0.399. The quantitative estimate of drug-likeness (QED) is 0.354. The lowest BCUT2D eigenvalue weighted by atomic mass is 10.2. The molecule has 0 aromatic carbocycles. The van der Waals surface area contributed by atoms with Gasteiger partial charge in [-0.3, -0.25) is 19.7 Å². The molecule has 9 nitrogen and oxygen atoms in total. The number of aromatic amines is 2. The summed E-state index contributed by atoms with van der Waals surface area (Å²) in [6, 6.07) is 0. The van der Waals surface area contributed by atoms with Gasteiger partial charge in [0, 0.05) is 12.6 Å². The van der Waals surface area contributed by atoms with Crippen molar-refractivity contribution in [1.29, 1.82) is 0 Å². The molecule has 0 unspecified atom stereocenters. The molecule has 0 aliphatic heterocycles. The Morgan fingerprint density at radius 1 is 1.45 bits per heavy atom. The fourth-order valence-corrected chi connectivity index (χ4v) is 1.71. The highest BCUT2D eigenvalue weighted by molar-refractivity contribution is 5.68. The van der Waals surface area contributed by atoms with Crippen LogP contribution >= 0.6 is 0 Å². The molecule has 9 heteroatoms. The highest BCUT2D eigenvalue weighted by Gasteiger charge is 2.13. The van der Waals surface area contributed by atoms with Crippen LogP contribution < -0.4 is 5.56 Å². The van der Waals surface area contributed by atoms with Gasteiger partial charge >= 0.3 is 0 Å². The summed E-state index contributed by atoms with van der Waals surface area (Å²) in [6.07, 6.45) is 1.56. The van der Waals surface area contributed by atoms with E-state index in [4.69, 9.17) is 9.78 Å². The normalized spacial score (nSPS) is 11.4. The third kappa shape index (κ3) is 3.38. The van der Waals surface area contributed by atoms with Gasteiger partial charge in [-0.25, -0.2) is 9.78 Å². The van der Waals surface area contributed by atoms with Crippen LogP contribution in [0.3, 0.4) is 0 Å². The zero-order valence-corrected chi connectivity index (χ0v) is 12.7. The number of aromatic nitrogens is 4. The Hall–Kier alpha value is -2.52. The van der Waals surface area contributed by atoms with E-state index in [0.717, 1.165) is 0 Å². The van der Waals surface area contributed by atoms with Crippen LogP contribution in [0.2, 0.25) is 0 Å². The average Bonchev–Trinajstić information content (AvgIpc) is 3.03. The molecular formula is C13H18N6O3. The van der Waals surface area contributed by atoms with Crippen LogP contribution in [0, 0.1) is 0 Å². The molecule has 2 rings (SSSR count). The van der Waals surface area contributed by atoms with Crippen LogP contribution in [0.5, 0.6) is 0 Å². The minimum absolute atomic E-state index is 0.178. The first-order valence-electron chi connectivity index (χ1n) is 6.67. The second-order valence-corrected chi connectivity index (χ2v) is 4.59. The van der Waals surface area contributed by atoms with E-state index >= 15 is 0 Å². The Kier molecular flexibility index (Phi) is 5.02. The number of rotatable bonds is 7. The van der Waals surface area contributed by atoms with Crippen LogP contribution in [0.25, 0.3) is 5.57 Å². The Labute approximate surface area is 126 Å². The molecule has 0 saturated carbocycles. The largest absolute Gasteiger partial charge is 0.294 e. The van der Waals surface area contributed by atoms with E-state index in [1.165, 1.54) is 4.68 Å². The summed E-state index contributed by atoms with van der Waals surface area (Å²) in [7, 11) is 1.60. The maximum atomic E-state index is 12.0. The number of hydrogen-bond donors (Lipinski definition) is 2. The molecule has 118 valence electrons. The van der Waals surface area contributed by atoms with Crippen molar-refractivity contribution in [3.05, 3.63) is 34.4 Å². The van der Waals surface area contributed by atoms with Gasteiger partial charge in [0.25, 0.3) is 5.56 Å². The van der Waals surface area contributed by atoms with Crippen LogP contribution in [-0.4, -0.2) is 26.6 Å². The van der Waals surface area contributed by atoms with Crippen molar-refractivity contribution < 1.29 is 9.78 Å². The van der Waals surface area contributed by atoms with Crippen molar-refractivity contribution >= 4 is 17.1 Å². The van der Waals surface area contributed by atoms with Crippen LogP contribution in [0.1, 0.15) is 25.1 Å². The molecule has 2 N–H and O–H groups in total. The first-order valence-corrected chi connectivity index (χ1v) is 6.67. The van der Waals surface area contributed by atoms with Crippen LogP contribution in [-0.2, 0) is 23.4 Å². The van der Waals surface area contributed by atoms with E-state index < -0.39 is 0 Å². The van der Waals surface area contributed by atoms with Gasteiger partial charge in [0.1, 0.15) is 6.61 Å². The van der Waals surface area contributed by atoms with Crippen molar-refractivity contribution in [2.75, 3.05) is 6.61 Å². The van der Waals surface area contributed by atoms with Gasteiger partial charge in [0.15, 0.2) is 11.5 Å². The van der Waals surface area contributed by atoms with Crippen molar-refractivity contribution in [3.8, 4) is 0 Å². The first-order chi connectivity index (χ1) is 10.5. The Balaban J connectivity index is 2.25. The summed E-state index contributed by atoms with van der Waals surface area (Å²) < 4.78 is 1.32. The van der Waals surface area contributed by atoms with Crippen molar-refractivity contribution in [2.45, 2.75) is 20.5 Å². The highest BCUT2D eigenvalue weighted by atomic mass is 17.2. The summed E-state index contributed by atoms with van der Waals surface area (Å²) in [5.41, 5.74) is 1.81. The molecule has 2 aromatic heterocycles. The van der Waals surface area contributed by atoms with E-state index in [-0.39, 0.29) is 17.9 Å². The predicted octanol–water partition coefficient (Wildman–Crippen LogP) is 2.35. The molecule has 0 saturated heterocycles. The lowest BCUT2D eigenvalue weighted by Crippen LogP contribution is -2.10. The summed E-state index contributed by atoms with van der Waals surface area (Å²) in [4.78, 5) is 21.8. The van der Waals surface area contributed by atoms with Crippen molar-refractivity contribution in [2.24, 2.45) is 17.3 Å². The van der Waals surface area contributed by atoms with E-state index in [0.29, 0.717) is 29.3 Å². The summed E-state index contributed by atoms with van der Waals surface area (Å²) >= 11 is 0. The third-order valence-corrected chi connectivity index (χ3v) is 2.81. The number of nitrogens with zero attached hydrogens (tertiary/aromatic N) is 4. The third-order valence-electron chi connectivity index (χ3n) is 2.81. The number of hydrogen-bond acceptors (Lipinski definition) is 6. The molecule has 2 heterocycles. The zero-order valence-electron chi connectivity index (χ0n) is 12.7. The minimum Gasteiger partial charge on any atom is -0.293 e. The molecule has 0 radical (unpaired) electrons. The number of aryl methyl sites for hydroxylation is 1. The minimum atomic E-state index is -0.284. The van der Waals surface area contributed by atoms with E-state index in [9.17, 15) is 4.79 Å². The second-order valence-electron chi connectivity index (χ2n) is 4.59. The smallest absolute Gasteiger partial charge is 0.293 e. The monoisotopic (exact) mass is 306 g/mol. The van der Waals surface area contributed by atoms with Gasteiger partial charge in [-0.15, -0.1) is 10.2 Å². The van der Waals surface area contributed by atoms with E-state index in [1.807, 2.05) is 6.92 Å². The average molecular weight is 306 g/mol. The summed E-state index contributed by atoms with van der Waals surface area (Å²) in [6.45, 7) is 8.03. The van der Waals surface area contributed by atoms with Crippen LogP contribution in [0.15, 0.2) is 27.8 Å². The van der Waals surface area contributed by atoms with E-state index in [2.05, 4.69) is 32.1 Å². The first kappa shape index (κ1) is 15.9. The predicted molar refractivity (Wildman–Crippen MR) is 79.9 cm³/mol. The highest BCUT2D eigenvalue weighted by Crippen LogP contribution is 2.23. The molecular weight excluding hydrogens is 288 g/mol. The van der Waals surface area contributed by atoms with Gasteiger partial charge in [-0.2, -0.15) is 5.10 Å². The maximum absolute atomic E-state index is 12.0. The van der Waals surface area contributed by atoms with Gasteiger partial charge in [-0.05, 0) is 19.4 Å². The molecule has 0 aliphatic carbocycles. The molecule has 0 atom stereocenters. The molecule has 22 heavy (non-hydrogen) atoms. The molecule has 0 aliphatic rings. The number of azo groups is 1. The fraction of sp³-hybridized carbons (Fsp3) is 0.385. The number of nitrogens with one attached hydrogen (secondary N) is 2. The lowest BCUT2D eigenvalue weighted by molar-refractivity contribution is -0.300. The standard InChI is InChI=1S/C13H18N6O3/c1-5-21-22-7-9-6-14-16-12(9)17-15-11-10(8(2)3)18-19(4)13(11)20/h6,18H,2,5,7H2,1,3-4H3,(H,14,16). The SMILES string of the molecule is C=C(C)c1[nH]n(C)c(=O)c1N=Nc1[nH]ncc1COOCC.